The molecule has 20 heavy (non-hydrogen) atoms. The molecule has 0 saturated carbocycles. The third kappa shape index (κ3) is 2.93. The predicted octanol–water partition coefficient (Wildman–Crippen LogP) is -0.571. The molecule has 6 N–H and O–H groups in total. The molecule has 1 atom stereocenters. The van der Waals surface area contributed by atoms with E-state index in [1.165, 1.54) is 4.90 Å². The van der Waals surface area contributed by atoms with Gasteiger partial charge in [0.2, 0.25) is 5.95 Å². The number of nitrogens with two attached hydrogens (primary N) is 1. The number of hydrogen-bond acceptors (Lipinski definition) is 7. The van der Waals surface area contributed by atoms with Crippen molar-refractivity contribution in [3.8, 4) is 0 Å². The molecule has 1 aromatic rings. The van der Waals surface area contributed by atoms with E-state index in [0.29, 0.717) is 5.82 Å². The van der Waals surface area contributed by atoms with Crippen LogP contribution in [0.3, 0.4) is 0 Å². The highest BCUT2D eigenvalue weighted by molar-refractivity contribution is 7.52. The third-order valence-corrected chi connectivity index (χ3v) is 4.08. The minimum atomic E-state index is -4.32. The van der Waals surface area contributed by atoms with Gasteiger partial charge in [-0.2, -0.15) is 4.98 Å². The molecule has 112 valence electrons. The van der Waals surface area contributed by atoms with Gasteiger partial charge in [-0.1, -0.05) is 6.92 Å². The van der Waals surface area contributed by atoms with E-state index in [2.05, 4.69) is 15.3 Å². The van der Waals surface area contributed by atoms with Gasteiger partial charge in [0.15, 0.2) is 11.7 Å². The lowest BCUT2D eigenvalue weighted by atomic mass is 10.5. The summed E-state index contributed by atoms with van der Waals surface area (Å²) >= 11 is 0. The molecule has 10 nitrogen and oxygen atoms in total. The molecule has 0 fully saturated rings. The molecule has 0 bridgehead atoms. The molecule has 2 heterocycles. The van der Waals surface area contributed by atoms with Crippen molar-refractivity contribution < 1.29 is 19.1 Å². The Labute approximate surface area is 114 Å². The molecule has 0 spiro atoms. The summed E-state index contributed by atoms with van der Waals surface area (Å²) < 4.78 is 16.4. The number of ether oxygens (including phenoxy) is 1. The van der Waals surface area contributed by atoms with E-state index in [4.69, 9.17) is 20.3 Å². The zero-order valence-corrected chi connectivity index (χ0v) is 11.6. The Morgan fingerprint density at radius 2 is 2.30 bits per heavy atom. The maximum atomic E-state index is 11.6. The second-order valence-corrected chi connectivity index (χ2v) is 6.03. The van der Waals surface area contributed by atoms with Crippen molar-refractivity contribution in [2.24, 2.45) is 0 Å². The number of nitrogens with one attached hydrogen (secondary N) is 2. The maximum absolute atomic E-state index is 11.6. The molecular formula is C9H16N5O5P. The van der Waals surface area contributed by atoms with Crippen LogP contribution in [0.4, 0.5) is 17.5 Å². The van der Waals surface area contributed by atoms with Crippen LogP contribution < -0.4 is 21.5 Å². The van der Waals surface area contributed by atoms with Crippen molar-refractivity contribution in [3.63, 3.8) is 0 Å². The largest absolute Gasteiger partial charge is 0.369 e. The molecule has 1 aromatic heterocycles. The van der Waals surface area contributed by atoms with Crippen LogP contribution >= 0.6 is 7.60 Å². The van der Waals surface area contributed by atoms with E-state index in [-0.39, 0.29) is 31.5 Å². The van der Waals surface area contributed by atoms with Gasteiger partial charge >= 0.3 is 7.60 Å². The van der Waals surface area contributed by atoms with Crippen LogP contribution in [0.2, 0.25) is 0 Å². The SMILES string of the molecule is CCC(OCN1CNc2c1nc(N)[nH]c2=O)P(=O)(O)O. The van der Waals surface area contributed by atoms with Gasteiger partial charge in [-0.15, -0.1) is 0 Å². The van der Waals surface area contributed by atoms with Crippen LogP contribution in [0, 0.1) is 0 Å². The van der Waals surface area contributed by atoms with E-state index in [0.717, 1.165) is 0 Å². The minimum Gasteiger partial charge on any atom is -0.369 e. The quantitative estimate of drug-likeness (QED) is 0.450. The fraction of sp³-hybridized carbons (Fsp3) is 0.556. The summed E-state index contributed by atoms with van der Waals surface area (Å²) in [5.74, 6) is -0.929. The summed E-state index contributed by atoms with van der Waals surface area (Å²) in [6.07, 6.45) is 0.170. The highest BCUT2D eigenvalue weighted by Gasteiger charge is 2.30. The number of H-pyrrole nitrogens is 1. The summed E-state index contributed by atoms with van der Waals surface area (Å²) in [4.78, 5) is 37.6. The molecule has 0 aromatic carbocycles. The fourth-order valence-electron chi connectivity index (χ4n) is 1.85. The van der Waals surface area contributed by atoms with Crippen LogP contribution in [0.25, 0.3) is 0 Å². The molecule has 1 aliphatic heterocycles. The van der Waals surface area contributed by atoms with Crippen LogP contribution in [-0.2, 0) is 9.30 Å². The number of rotatable bonds is 5. The van der Waals surface area contributed by atoms with Crippen molar-refractivity contribution in [1.29, 1.82) is 0 Å². The number of aromatic amines is 1. The van der Waals surface area contributed by atoms with Crippen LogP contribution in [-0.4, -0.2) is 39.0 Å². The number of anilines is 3. The van der Waals surface area contributed by atoms with Crippen molar-refractivity contribution in [3.05, 3.63) is 10.4 Å². The summed E-state index contributed by atoms with van der Waals surface area (Å²) in [7, 11) is -4.32. The molecule has 0 amide bonds. The Balaban J connectivity index is 2.12. The monoisotopic (exact) mass is 305 g/mol. The summed E-state index contributed by atoms with van der Waals surface area (Å²) in [5, 5.41) is 2.82. The molecule has 11 heteroatoms. The second kappa shape index (κ2) is 5.41. The molecule has 0 saturated heterocycles. The van der Waals surface area contributed by atoms with Gasteiger partial charge in [0.1, 0.15) is 12.4 Å². The van der Waals surface area contributed by atoms with E-state index >= 15 is 0 Å². The Bertz CT molecular complexity index is 599. The third-order valence-electron chi connectivity index (χ3n) is 2.81. The van der Waals surface area contributed by atoms with Gasteiger partial charge < -0.3 is 30.5 Å². The first kappa shape index (κ1) is 14.8. The lowest BCUT2D eigenvalue weighted by Gasteiger charge is -2.22. The van der Waals surface area contributed by atoms with Gasteiger partial charge in [-0.25, -0.2) is 0 Å². The van der Waals surface area contributed by atoms with E-state index < -0.39 is 19.0 Å². The zero-order chi connectivity index (χ0) is 14.9. The maximum Gasteiger partial charge on any atom is 0.354 e. The van der Waals surface area contributed by atoms with Crippen molar-refractivity contribution in [2.75, 3.05) is 29.3 Å². The van der Waals surface area contributed by atoms with Crippen molar-refractivity contribution in [1.82, 2.24) is 9.97 Å². The highest BCUT2D eigenvalue weighted by Crippen LogP contribution is 2.43. The highest BCUT2D eigenvalue weighted by atomic mass is 31.2. The molecule has 1 unspecified atom stereocenters. The van der Waals surface area contributed by atoms with Crippen LogP contribution in [0.5, 0.6) is 0 Å². The average Bonchev–Trinajstić information content (AvgIpc) is 2.71. The van der Waals surface area contributed by atoms with Gasteiger partial charge in [-0.05, 0) is 6.42 Å². The standard InChI is InChI=1S/C9H16N5O5P/c1-2-5(20(16,17)18)19-4-14-3-11-6-7(14)12-9(10)13-8(6)15/h5,11H,2-4H2,1H3,(H2,16,17,18)(H3,10,12,13,15). The van der Waals surface area contributed by atoms with Crippen LogP contribution in [0.1, 0.15) is 13.3 Å². The Morgan fingerprint density at radius 3 is 2.90 bits per heavy atom. The molecule has 2 rings (SSSR count). The number of hydrogen-bond donors (Lipinski definition) is 5. The minimum absolute atomic E-state index is 0.0375. The van der Waals surface area contributed by atoms with E-state index in [9.17, 15) is 9.36 Å². The fourth-order valence-corrected chi connectivity index (χ4v) is 2.59. The van der Waals surface area contributed by atoms with E-state index in [1.807, 2.05) is 0 Å². The lowest BCUT2D eigenvalue weighted by Crippen LogP contribution is -2.29. The Hall–Kier alpha value is -1.61. The molecular weight excluding hydrogens is 289 g/mol. The Morgan fingerprint density at radius 1 is 1.60 bits per heavy atom. The molecule has 1 aliphatic rings. The molecule has 0 aliphatic carbocycles. The summed E-state index contributed by atoms with van der Waals surface area (Å²) in [6, 6.07) is 0. The first-order chi connectivity index (χ1) is 9.32. The van der Waals surface area contributed by atoms with Gasteiger partial charge in [0, 0.05) is 0 Å². The normalized spacial score (nSPS) is 15.8. The predicted molar refractivity (Wildman–Crippen MR) is 72.3 cm³/mol. The summed E-state index contributed by atoms with van der Waals surface area (Å²) in [6.45, 7) is 1.74. The van der Waals surface area contributed by atoms with E-state index in [1.54, 1.807) is 6.92 Å². The first-order valence-corrected chi connectivity index (χ1v) is 7.56. The van der Waals surface area contributed by atoms with Crippen molar-refractivity contribution >= 4 is 25.0 Å². The van der Waals surface area contributed by atoms with Crippen molar-refractivity contribution in [2.45, 2.75) is 19.2 Å². The number of nitrogen functional groups attached to an aromatic ring is 1. The summed E-state index contributed by atoms with van der Waals surface area (Å²) in [5.41, 5.74) is 5.31. The first-order valence-electron chi connectivity index (χ1n) is 5.88. The van der Waals surface area contributed by atoms with Gasteiger partial charge in [0.05, 0.1) is 6.67 Å². The Kier molecular flexibility index (Phi) is 4.00. The number of nitrogens with zero attached hydrogens (tertiary/aromatic N) is 2. The number of fused-ring (bicyclic) bond motifs is 1. The zero-order valence-electron chi connectivity index (χ0n) is 10.7. The van der Waals surface area contributed by atoms with Crippen LogP contribution in [0.15, 0.2) is 4.79 Å². The lowest BCUT2D eigenvalue weighted by molar-refractivity contribution is 0.0845. The number of aromatic nitrogens is 2. The van der Waals surface area contributed by atoms with Gasteiger partial charge in [-0.3, -0.25) is 14.3 Å². The average molecular weight is 305 g/mol. The second-order valence-electron chi connectivity index (χ2n) is 4.27. The smallest absolute Gasteiger partial charge is 0.354 e. The van der Waals surface area contributed by atoms with Gasteiger partial charge in [0.25, 0.3) is 5.56 Å². The molecule has 0 radical (unpaired) electrons. The topological polar surface area (TPSA) is 154 Å².